The molecule has 0 aliphatic heterocycles. The van der Waals surface area contributed by atoms with E-state index in [4.69, 9.17) is 10.00 Å². The van der Waals surface area contributed by atoms with Crippen LogP contribution in [0.25, 0.3) is 11.1 Å². The Hall–Kier alpha value is -3.10. The summed E-state index contributed by atoms with van der Waals surface area (Å²) in [5, 5.41) is 13.7. The van der Waals surface area contributed by atoms with Crippen molar-refractivity contribution in [2.75, 3.05) is 13.2 Å². The van der Waals surface area contributed by atoms with Crippen molar-refractivity contribution >= 4 is 17.2 Å². The molecule has 2 aromatic carbocycles. The molecule has 1 N–H and O–H groups in total. The van der Waals surface area contributed by atoms with E-state index in [0.717, 1.165) is 17.5 Å². The molecule has 3 rings (SSSR count). The molecule has 0 radical (unpaired) electrons. The van der Waals surface area contributed by atoms with Crippen LogP contribution in [0.3, 0.4) is 0 Å². The maximum absolute atomic E-state index is 11.8. The lowest BCUT2D eigenvalue weighted by molar-refractivity contribution is -0.123. The summed E-state index contributed by atoms with van der Waals surface area (Å²) in [7, 11) is 0. The minimum atomic E-state index is -0.127. The fourth-order valence-corrected chi connectivity index (χ4v) is 3.17. The van der Waals surface area contributed by atoms with E-state index in [1.807, 2.05) is 47.8 Å². The summed E-state index contributed by atoms with van der Waals surface area (Å²) < 4.78 is 5.53. The van der Waals surface area contributed by atoms with E-state index in [1.165, 1.54) is 4.88 Å². The summed E-state index contributed by atoms with van der Waals surface area (Å²) in [5.74, 6) is 0.522. The van der Waals surface area contributed by atoms with Crippen LogP contribution < -0.4 is 10.1 Å². The normalized spacial score (nSPS) is 10.1. The van der Waals surface area contributed by atoms with Gasteiger partial charge < -0.3 is 10.1 Å². The van der Waals surface area contributed by atoms with Crippen molar-refractivity contribution in [2.24, 2.45) is 0 Å². The molecule has 26 heavy (non-hydrogen) atoms. The number of rotatable bonds is 7. The lowest BCUT2D eigenvalue weighted by Gasteiger charge is -2.08. The highest BCUT2D eigenvalue weighted by Crippen LogP contribution is 2.22. The van der Waals surface area contributed by atoms with Crippen LogP contribution in [0, 0.1) is 11.3 Å². The zero-order chi connectivity index (χ0) is 18.2. The van der Waals surface area contributed by atoms with Crippen molar-refractivity contribution in [3.05, 3.63) is 76.5 Å². The van der Waals surface area contributed by atoms with Crippen LogP contribution in [0.4, 0.5) is 0 Å². The first kappa shape index (κ1) is 17.7. The van der Waals surface area contributed by atoms with Gasteiger partial charge in [-0.15, -0.1) is 11.3 Å². The van der Waals surface area contributed by atoms with E-state index in [2.05, 4.69) is 17.5 Å². The Morgan fingerprint density at radius 1 is 1.04 bits per heavy atom. The number of hydrogen-bond donors (Lipinski definition) is 1. The number of hydrogen-bond acceptors (Lipinski definition) is 4. The average molecular weight is 362 g/mol. The predicted octanol–water partition coefficient (Wildman–Crippen LogP) is 4.02. The monoisotopic (exact) mass is 362 g/mol. The number of thiophene rings is 1. The summed E-state index contributed by atoms with van der Waals surface area (Å²) in [6, 6.07) is 21.1. The topological polar surface area (TPSA) is 62.1 Å². The zero-order valence-corrected chi connectivity index (χ0v) is 15.0. The molecule has 0 unspecified atom stereocenters. The van der Waals surface area contributed by atoms with Gasteiger partial charge in [0.05, 0.1) is 11.6 Å². The van der Waals surface area contributed by atoms with E-state index in [9.17, 15) is 4.79 Å². The van der Waals surface area contributed by atoms with Gasteiger partial charge in [0, 0.05) is 11.4 Å². The maximum Gasteiger partial charge on any atom is 0.257 e. The molecule has 0 atom stereocenters. The Kier molecular flexibility index (Phi) is 6.02. The van der Waals surface area contributed by atoms with Crippen LogP contribution >= 0.6 is 11.3 Å². The number of ether oxygens (including phenoxy) is 1. The third-order valence-electron chi connectivity index (χ3n) is 3.85. The Balaban J connectivity index is 1.46. The van der Waals surface area contributed by atoms with Gasteiger partial charge in [0.1, 0.15) is 5.75 Å². The molecule has 0 spiro atoms. The van der Waals surface area contributed by atoms with Crippen molar-refractivity contribution in [1.29, 1.82) is 5.26 Å². The summed E-state index contributed by atoms with van der Waals surface area (Å²) in [6.45, 7) is 0.612. The van der Waals surface area contributed by atoms with Crippen LogP contribution in [-0.2, 0) is 11.2 Å². The molecule has 1 heterocycles. The first-order valence-electron chi connectivity index (χ1n) is 8.27. The summed E-state index contributed by atoms with van der Waals surface area (Å²) in [4.78, 5) is 13.1. The molecule has 4 nitrogen and oxygen atoms in total. The molecular weight excluding hydrogens is 344 g/mol. The van der Waals surface area contributed by atoms with Crippen molar-refractivity contribution < 1.29 is 9.53 Å². The summed E-state index contributed by atoms with van der Waals surface area (Å²) >= 11 is 1.69. The van der Waals surface area contributed by atoms with Gasteiger partial charge in [-0.25, -0.2) is 0 Å². The van der Waals surface area contributed by atoms with Crippen molar-refractivity contribution in [3.8, 4) is 22.9 Å². The number of carbonyl (C=O) groups excluding carboxylic acids is 1. The Morgan fingerprint density at radius 3 is 2.35 bits per heavy atom. The van der Waals surface area contributed by atoms with Gasteiger partial charge in [-0.3, -0.25) is 4.79 Å². The largest absolute Gasteiger partial charge is 0.484 e. The maximum atomic E-state index is 11.8. The third-order valence-corrected chi connectivity index (χ3v) is 4.78. The van der Waals surface area contributed by atoms with E-state index < -0.39 is 0 Å². The first-order chi connectivity index (χ1) is 12.7. The fourth-order valence-electron chi connectivity index (χ4n) is 2.46. The van der Waals surface area contributed by atoms with Gasteiger partial charge in [-0.2, -0.15) is 5.26 Å². The molecular formula is C21H18N2O2S. The molecule has 5 heteroatoms. The van der Waals surface area contributed by atoms with E-state index in [1.54, 1.807) is 23.5 Å². The van der Waals surface area contributed by atoms with Gasteiger partial charge in [0.25, 0.3) is 5.91 Å². The summed E-state index contributed by atoms with van der Waals surface area (Å²) in [5.41, 5.74) is 2.70. The second-order valence-corrected chi connectivity index (χ2v) is 6.71. The molecule has 0 fully saturated rings. The number of carbonyl (C=O) groups is 1. The second kappa shape index (κ2) is 8.84. The van der Waals surface area contributed by atoms with E-state index >= 15 is 0 Å². The highest BCUT2D eigenvalue weighted by atomic mass is 32.1. The second-order valence-electron chi connectivity index (χ2n) is 5.68. The van der Waals surface area contributed by atoms with Gasteiger partial charge in [-0.1, -0.05) is 30.3 Å². The Labute approximate surface area is 156 Å². The number of nitriles is 1. The molecule has 1 aromatic heterocycles. The molecule has 0 saturated heterocycles. The van der Waals surface area contributed by atoms with Crippen LogP contribution in [0.2, 0.25) is 0 Å². The smallest absolute Gasteiger partial charge is 0.257 e. The van der Waals surface area contributed by atoms with Crippen LogP contribution in [0.1, 0.15) is 10.4 Å². The Bertz CT molecular complexity index is 879. The van der Waals surface area contributed by atoms with Crippen LogP contribution in [0.15, 0.2) is 66.0 Å². The molecule has 0 bridgehead atoms. The molecule has 0 aliphatic carbocycles. The minimum absolute atomic E-state index is 0.000648. The predicted molar refractivity (Wildman–Crippen MR) is 103 cm³/mol. The van der Waals surface area contributed by atoms with Crippen LogP contribution in [0.5, 0.6) is 5.75 Å². The lowest BCUT2D eigenvalue weighted by atomic mass is 10.0. The quantitative estimate of drug-likeness (QED) is 0.690. The first-order valence-corrected chi connectivity index (χ1v) is 9.15. The van der Waals surface area contributed by atoms with Gasteiger partial charge >= 0.3 is 0 Å². The standard InChI is InChI=1S/C21H18N2O2S/c22-14-16-3-5-17(6-4-16)18-7-9-19(10-8-18)25-15-21(24)23-12-11-20-2-1-13-26-20/h1-10,13H,11-12,15H2,(H,23,24). The molecule has 3 aromatic rings. The number of nitrogens with zero attached hydrogens (tertiary/aromatic N) is 1. The molecule has 1 amide bonds. The number of amides is 1. The van der Waals surface area contributed by atoms with Crippen molar-refractivity contribution in [3.63, 3.8) is 0 Å². The molecule has 0 saturated carbocycles. The molecule has 130 valence electrons. The van der Waals surface area contributed by atoms with Gasteiger partial charge in [0.15, 0.2) is 6.61 Å². The average Bonchev–Trinajstić information content (AvgIpc) is 3.20. The van der Waals surface area contributed by atoms with Gasteiger partial charge in [0.2, 0.25) is 0 Å². The minimum Gasteiger partial charge on any atom is -0.484 e. The Morgan fingerprint density at radius 2 is 1.73 bits per heavy atom. The lowest BCUT2D eigenvalue weighted by Crippen LogP contribution is -2.30. The van der Waals surface area contributed by atoms with Crippen molar-refractivity contribution in [1.82, 2.24) is 5.32 Å². The molecule has 0 aliphatic rings. The fraction of sp³-hybridized carbons (Fsp3) is 0.143. The SMILES string of the molecule is N#Cc1ccc(-c2ccc(OCC(=O)NCCc3cccs3)cc2)cc1. The highest BCUT2D eigenvalue weighted by molar-refractivity contribution is 7.09. The number of benzene rings is 2. The summed E-state index contributed by atoms with van der Waals surface area (Å²) in [6.07, 6.45) is 0.836. The van der Waals surface area contributed by atoms with Crippen molar-refractivity contribution in [2.45, 2.75) is 6.42 Å². The number of nitrogens with one attached hydrogen (secondary N) is 1. The zero-order valence-electron chi connectivity index (χ0n) is 14.1. The van der Waals surface area contributed by atoms with Gasteiger partial charge in [-0.05, 0) is 53.3 Å². The van der Waals surface area contributed by atoms with E-state index in [-0.39, 0.29) is 12.5 Å². The third kappa shape index (κ3) is 4.95. The highest BCUT2D eigenvalue weighted by Gasteiger charge is 2.04. The van der Waals surface area contributed by atoms with Crippen LogP contribution in [-0.4, -0.2) is 19.1 Å². The van der Waals surface area contributed by atoms with E-state index in [0.29, 0.717) is 17.9 Å².